The van der Waals surface area contributed by atoms with Gasteiger partial charge in [-0.1, -0.05) is 23.8 Å². The Morgan fingerprint density at radius 1 is 1.03 bits per heavy atom. The van der Waals surface area contributed by atoms with Crippen LogP contribution in [0.2, 0.25) is 0 Å². The fourth-order valence-corrected chi connectivity index (χ4v) is 4.30. The van der Waals surface area contributed by atoms with E-state index in [2.05, 4.69) is 32.4 Å². The highest BCUT2D eigenvalue weighted by molar-refractivity contribution is 6.05. The normalized spacial score (nSPS) is 14.2. The quantitative estimate of drug-likeness (QED) is 0.376. The Balaban J connectivity index is 1.59. The third-order valence-electron chi connectivity index (χ3n) is 6.25. The van der Waals surface area contributed by atoms with Gasteiger partial charge in [-0.05, 0) is 69.8 Å². The van der Waals surface area contributed by atoms with Crippen molar-refractivity contribution in [2.45, 2.75) is 27.7 Å². The van der Waals surface area contributed by atoms with Gasteiger partial charge in [-0.2, -0.15) is 10.1 Å². The van der Waals surface area contributed by atoms with Crippen LogP contribution in [0.3, 0.4) is 0 Å². The zero-order valence-electron chi connectivity index (χ0n) is 22.5. The summed E-state index contributed by atoms with van der Waals surface area (Å²) in [5.74, 6) is 1.24. The molecule has 4 rings (SSSR count). The van der Waals surface area contributed by atoms with E-state index in [1.54, 1.807) is 22.7 Å². The number of carbonyl (C=O) groups excluding carboxylic acids is 2. The van der Waals surface area contributed by atoms with Crippen LogP contribution in [0.4, 0.5) is 22.0 Å². The van der Waals surface area contributed by atoms with Crippen LogP contribution in [0.1, 0.15) is 34.1 Å². The number of aryl methyl sites for hydroxylation is 4. The van der Waals surface area contributed by atoms with E-state index < -0.39 is 0 Å². The Bertz CT molecular complexity index is 1480. The molecule has 0 atom stereocenters. The maximum Gasteiger partial charge on any atom is 0.330 e. The first-order chi connectivity index (χ1) is 18.1. The zero-order chi connectivity index (χ0) is 27.6. The molecule has 2 heterocycles. The average Bonchev–Trinajstić information content (AvgIpc) is 3.20. The van der Waals surface area contributed by atoms with Gasteiger partial charge in [0.1, 0.15) is 11.6 Å². The third kappa shape index (κ3) is 5.49. The number of hydrogen-bond acceptors (Lipinski definition) is 4. The van der Waals surface area contributed by atoms with Gasteiger partial charge in [0.25, 0.3) is 5.91 Å². The molecule has 0 fully saturated rings. The summed E-state index contributed by atoms with van der Waals surface area (Å²) in [6.45, 7) is 11.6. The minimum Gasteiger partial charge on any atom is -0.322 e. The first-order valence-corrected chi connectivity index (χ1v) is 12.1. The standard InChI is InChI=1S/C28H32N8O2/c1-17-9-8-10-21(13-17)26(37)30-22-12-11-18(2)23(15-22)36-16-19(3)25(34(6)28(36)38)32-27(29-5)31-24-14-20(4)33-35(24)7/h8-15H,5,16H2,1-4,6-7H3,(H,30,37)(H,31,32). The van der Waals surface area contributed by atoms with Gasteiger partial charge in [0.15, 0.2) is 0 Å². The largest absolute Gasteiger partial charge is 0.330 e. The first kappa shape index (κ1) is 26.3. The molecule has 10 nitrogen and oxygen atoms in total. The van der Waals surface area contributed by atoms with Crippen LogP contribution >= 0.6 is 0 Å². The van der Waals surface area contributed by atoms with Gasteiger partial charge >= 0.3 is 6.03 Å². The second-order valence-corrected chi connectivity index (χ2v) is 9.37. The Morgan fingerprint density at radius 2 is 1.79 bits per heavy atom. The summed E-state index contributed by atoms with van der Waals surface area (Å²) in [7, 11) is 3.49. The topological polar surface area (TPSA) is 107 Å². The molecule has 0 bridgehead atoms. The van der Waals surface area contributed by atoms with Gasteiger partial charge < -0.3 is 10.6 Å². The maximum absolute atomic E-state index is 13.5. The van der Waals surface area contributed by atoms with Crippen molar-refractivity contribution < 1.29 is 9.59 Å². The van der Waals surface area contributed by atoms with Crippen molar-refractivity contribution in [2.75, 3.05) is 29.1 Å². The van der Waals surface area contributed by atoms with Crippen molar-refractivity contribution in [1.82, 2.24) is 14.7 Å². The maximum atomic E-state index is 13.5. The summed E-state index contributed by atoms with van der Waals surface area (Å²) < 4.78 is 1.68. The van der Waals surface area contributed by atoms with Crippen LogP contribution in [-0.4, -0.2) is 52.9 Å². The van der Waals surface area contributed by atoms with Crippen LogP contribution in [0.15, 0.2) is 69.9 Å². The van der Waals surface area contributed by atoms with Crippen molar-refractivity contribution in [1.29, 1.82) is 0 Å². The number of carbonyl (C=O) groups is 2. The van der Waals surface area contributed by atoms with Crippen LogP contribution in [-0.2, 0) is 7.05 Å². The molecule has 0 spiro atoms. The number of benzene rings is 2. The number of rotatable bonds is 5. The predicted octanol–water partition coefficient (Wildman–Crippen LogP) is 4.87. The molecule has 0 radical (unpaired) electrons. The Kier molecular flexibility index (Phi) is 7.43. The van der Waals surface area contributed by atoms with Gasteiger partial charge in [0.2, 0.25) is 5.96 Å². The minimum absolute atomic E-state index is 0.209. The second kappa shape index (κ2) is 10.7. The number of anilines is 3. The number of nitrogens with one attached hydrogen (secondary N) is 2. The molecule has 0 saturated heterocycles. The number of amides is 3. The monoisotopic (exact) mass is 512 g/mol. The van der Waals surface area contributed by atoms with Crippen LogP contribution in [0.25, 0.3) is 0 Å². The van der Waals surface area contributed by atoms with E-state index in [0.717, 1.165) is 22.4 Å². The lowest BCUT2D eigenvalue weighted by Crippen LogP contribution is -2.46. The van der Waals surface area contributed by atoms with Gasteiger partial charge in [-0.25, -0.2) is 9.79 Å². The number of hydrogen-bond donors (Lipinski definition) is 2. The summed E-state index contributed by atoms with van der Waals surface area (Å²) in [4.78, 5) is 38.0. The number of aromatic nitrogens is 2. The Labute approximate surface area is 222 Å². The molecule has 2 N–H and O–H groups in total. The lowest BCUT2D eigenvalue weighted by atomic mass is 10.1. The van der Waals surface area contributed by atoms with Crippen LogP contribution < -0.4 is 15.5 Å². The number of nitrogens with zero attached hydrogens (tertiary/aromatic N) is 6. The predicted molar refractivity (Wildman–Crippen MR) is 152 cm³/mol. The molecule has 1 aliphatic rings. The van der Waals surface area contributed by atoms with Crippen LogP contribution in [0.5, 0.6) is 0 Å². The van der Waals surface area contributed by atoms with Gasteiger partial charge in [-0.15, -0.1) is 0 Å². The van der Waals surface area contributed by atoms with Crippen molar-refractivity contribution in [3.05, 3.63) is 82.3 Å². The first-order valence-electron chi connectivity index (χ1n) is 12.1. The Morgan fingerprint density at radius 3 is 2.45 bits per heavy atom. The number of guanidine groups is 1. The minimum atomic E-state index is -0.251. The Hall–Kier alpha value is -4.73. The lowest BCUT2D eigenvalue weighted by molar-refractivity contribution is 0.102. The molecule has 196 valence electrons. The number of urea groups is 1. The summed E-state index contributed by atoms with van der Waals surface area (Å²) >= 11 is 0. The summed E-state index contributed by atoms with van der Waals surface area (Å²) in [5, 5.41) is 10.4. The molecule has 1 aromatic heterocycles. The van der Waals surface area contributed by atoms with E-state index >= 15 is 0 Å². The van der Waals surface area contributed by atoms with Crippen molar-refractivity contribution in [3.8, 4) is 0 Å². The van der Waals surface area contributed by atoms with Gasteiger partial charge in [0.05, 0.1) is 17.9 Å². The molecule has 2 aromatic carbocycles. The molecule has 3 amide bonds. The zero-order valence-corrected chi connectivity index (χ0v) is 22.5. The van der Waals surface area contributed by atoms with Crippen molar-refractivity contribution in [3.63, 3.8) is 0 Å². The summed E-state index contributed by atoms with van der Waals surface area (Å²) in [6.07, 6.45) is 0. The second-order valence-electron chi connectivity index (χ2n) is 9.37. The molecule has 0 saturated carbocycles. The average molecular weight is 513 g/mol. The van der Waals surface area contributed by atoms with E-state index in [4.69, 9.17) is 0 Å². The molecule has 10 heteroatoms. The highest BCUT2D eigenvalue weighted by atomic mass is 16.2. The molecule has 38 heavy (non-hydrogen) atoms. The van der Waals surface area contributed by atoms with E-state index in [1.165, 1.54) is 4.90 Å². The smallest absolute Gasteiger partial charge is 0.322 e. The lowest BCUT2D eigenvalue weighted by Gasteiger charge is -2.35. The molecule has 0 aliphatic carbocycles. The highest BCUT2D eigenvalue weighted by Crippen LogP contribution is 2.30. The van der Waals surface area contributed by atoms with E-state index in [9.17, 15) is 9.59 Å². The molecular weight excluding hydrogens is 480 g/mol. The highest BCUT2D eigenvalue weighted by Gasteiger charge is 2.30. The third-order valence-corrected chi connectivity index (χ3v) is 6.25. The van der Waals surface area contributed by atoms with E-state index in [1.807, 2.05) is 77.2 Å². The van der Waals surface area contributed by atoms with Crippen LogP contribution in [0, 0.1) is 20.8 Å². The molecular formula is C28H32N8O2. The van der Waals surface area contributed by atoms with Gasteiger partial charge in [0, 0.05) is 31.4 Å². The molecule has 1 aliphatic heterocycles. The fourth-order valence-electron chi connectivity index (χ4n) is 4.30. The summed E-state index contributed by atoms with van der Waals surface area (Å²) in [5.41, 5.74) is 5.51. The molecule has 0 unspecified atom stereocenters. The summed E-state index contributed by atoms with van der Waals surface area (Å²) in [6, 6.07) is 14.6. The van der Waals surface area contributed by atoms with E-state index in [0.29, 0.717) is 35.1 Å². The number of aliphatic imine (C=N–C) groups is 2. The van der Waals surface area contributed by atoms with Crippen molar-refractivity contribution in [2.24, 2.45) is 17.0 Å². The van der Waals surface area contributed by atoms with Gasteiger partial charge in [-0.3, -0.25) is 19.3 Å². The fraction of sp³-hybridized carbons (Fsp3) is 0.250. The van der Waals surface area contributed by atoms with Crippen molar-refractivity contribution >= 4 is 41.8 Å². The molecule has 3 aromatic rings. The van der Waals surface area contributed by atoms with E-state index in [-0.39, 0.29) is 17.9 Å². The SMILES string of the molecule is C=NC(=NC1=C(C)CN(c2cc(NC(=O)c3cccc(C)c3)ccc2C)C(=O)N1C)Nc1cc(C)nn1C.